The van der Waals surface area contributed by atoms with Gasteiger partial charge < -0.3 is 10.1 Å². The van der Waals surface area contributed by atoms with Crippen LogP contribution in [0.3, 0.4) is 0 Å². The Morgan fingerprint density at radius 1 is 1.05 bits per heavy atom. The quantitative estimate of drug-likeness (QED) is 0.923. The highest BCUT2D eigenvalue weighted by Crippen LogP contribution is 2.22. The van der Waals surface area contributed by atoms with Gasteiger partial charge in [0.25, 0.3) is 0 Å². The van der Waals surface area contributed by atoms with Crippen molar-refractivity contribution in [1.82, 2.24) is 10.3 Å². The zero-order chi connectivity index (χ0) is 13.6. The van der Waals surface area contributed by atoms with Crippen molar-refractivity contribution in [3.63, 3.8) is 0 Å². The second-order valence-corrected chi connectivity index (χ2v) is 4.85. The summed E-state index contributed by atoms with van der Waals surface area (Å²) < 4.78 is 5.77. The van der Waals surface area contributed by atoms with E-state index in [0.717, 1.165) is 30.8 Å². The van der Waals surface area contributed by atoms with Crippen LogP contribution in [0, 0.1) is 0 Å². The highest BCUT2D eigenvalue weighted by Gasteiger charge is 2.05. The zero-order valence-corrected chi connectivity index (χ0v) is 11.4. The molecule has 0 fully saturated rings. The Morgan fingerprint density at radius 3 is 2.55 bits per heavy atom. The van der Waals surface area contributed by atoms with Crippen molar-refractivity contribution in [1.29, 1.82) is 0 Å². The number of hydrogen-bond acceptors (Lipinski definition) is 3. The van der Waals surface area contributed by atoms with Crippen molar-refractivity contribution in [2.75, 3.05) is 13.1 Å². The number of nitrogens with one attached hydrogen (secondary N) is 1. The summed E-state index contributed by atoms with van der Waals surface area (Å²) in [6.07, 6.45) is 6.92. The molecule has 102 valence electrons. The molecule has 0 spiro atoms. The third-order valence-electron chi connectivity index (χ3n) is 3.44. The van der Waals surface area contributed by atoms with Crippen LogP contribution in [0.4, 0.5) is 0 Å². The summed E-state index contributed by atoms with van der Waals surface area (Å²) in [6.45, 7) is 2.61. The van der Waals surface area contributed by atoms with E-state index in [1.165, 1.54) is 11.1 Å². The summed E-state index contributed by atoms with van der Waals surface area (Å²) in [7, 11) is 0. The fourth-order valence-electron chi connectivity index (χ4n) is 2.30. The van der Waals surface area contributed by atoms with Crippen LogP contribution >= 0.6 is 0 Å². The monoisotopic (exact) mass is 266 g/mol. The Balaban J connectivity index is 1.63. The van der Waals surface area contributed by atoms with Gasteiger partial charge in [-0.05, 0) is 53.9 Å². The number of benzene rings is 1. The average Bonchev–Trinajstić information content (AvgIpc) is 2.55. The highest BCUT2D eigenvalue weighted by molar-refractivity contribution is 5.67. The van der Waals surface area contributed by atoms with E-state index in [4.69, 9.17) is 4.74 Å². The molecule has 1 aliphatic rings. The Kier molecular flexibility index (Phi) is 4.09. The highest BCUT2D eigenvalue weighted by atomic mass is 16.5. The van der Waals surface area contributed by atoms with Crippen molar-refractivity contribution in [2.45, 2.75) is 13.0 Å². The second-order valence-electron chi connectivity index (χ2n) is 4.85. The van der Waals surface area contributed by atoms with E-state index in [1.807, 2.05) is 24.3 Å². The lowest BCUT2D eigenvalue weighted by atomic mass is 10.0. The molecular formula is C17H18N2O. The van der Waals surface area contributed by atoms with Gasteiger partial charge in [0.2, 0.25) is 0 Å². The number of hydrogen-bond donors (Lipinski definition) is 1. The Bertz CT molecular complexity index is 576. The molecule has 2 heterocycles. The fraction of sp³-hybridized carbons (Fsp3) is 0.235. The van der Waals surface area contributed by atoms with Crippen LogP contribution in [-0.2, 0) is 6.61 Å². The molecular weight excluding hydrogens is 248 g/mol. The number of nitrogens with zero attached hydrogens (tertiary/aromatic N) is 1. The predicted molar refractivity (Wildman–Crippen MR) is 80.5 cm³/mol. The maximum Gasteiger partial charge on any atom is 0.119 e. The minimum absolute atomic E-state index is 0.578. The molecule has 0 atom stereocenters. The van der Waals surface area contributed by atoms with E-state index in [0.29, 0.717) is 6.61 Å². The molecule has 3 rings (SSSR count). The molecule has 0 saturated heterocycles. The first-order valence-electron chi connectivity index (χ1n) is 6.94. The zero-order valence-electron chi connectivity index (χ0n) is 11.4. The second kappa shape index (κ2) is 6.35. The fourth-order valence-corrected chi connectivity index (χ4v) is 2.30. The minimum Gasteiger partial charge on any atom is -0.489 e. The van der Waals surface area contributed by atoms with Crippen LogP contribution < -0.4 is 10.1 Å². The summed E-state index contributed by atoms with van der Waals surface area (Å²) in [5, 5.41) is 3.33. The number of aromatic nitrogens is 1. The molecule has 0 amide bonds. The largest absolute Gasteiger partial charge is 0.489 e. The van der Waals surface area contributed by atoms with Crippen LogP contribution in [0.1, 0.15) is 17.5 Å². The average molecular weight is 266 g/mol. The third-order valence-corrected chi connectivity index (χ3v) is 3.44. The Hall–Kier alpha value is -2.13. The van der Waals surface area contributed by atoms with Gasteiger partial charge in [0, 0.05) is 18.9 Å². The summed E-state index contributed by atoms with van der Waals surface area (Å²) in [5.74, 6) is 0.903. The lowest BCUT2D eigenvalue weighted by molar-refractivity contribution is 0.306. The van der Waals surface area contributed by atoms with E-state index >= 15 is 0 Å². The first kappa shape index (κ1) is 12.9. The lowest BCUT2D eigenvalue weighted by Crippen LogP contribution is -2.19. The van der Waals surface area contributed by atoms with Gasteiger partial charge in [0.1, 0.15) is 12.4 Å². The predicted octanol–water partition coefficient (Wildman–Crippen LogP) is 3.04. The first-order valence-corrected chi connectivity index (χ1v) is 6.94. The third kappa shape index (κ3) is 3.25. The van der Waals surface area contributed by atoms with E-state index < -0.39 is 0 Å². The van der Waals surface area contributed by atoms with Crippen LogP contribution in [0.5, 0.6) is 5.75 Å². The molecule has 3 nitrogen and oxygen atoms in total. The minimum atomic E-state index is 0.578. The molecule has 1 N–H and O–H groups in total. The summed E-state index contributed by atoms with van der Waals surface area (Å²) in [6, 6.07) is 12.3. The van der Waals surface area contributed by atoms with Crippen molar-refractivity contribution < 1.29 is 4.74 Å². The number of ether oxygens (including phenoxy) is 1. The standard InChI is InChI=1S/C17H18N2O/c1-3-17(20-13-14-5-9-18-10-6-14)4-2-15(1)16-7-11-19-12-8-16/h1-7,9-10,19H,8,11-13H2. The van der Waals surface area contributed by atoms with Gasteiger partial charge >= 0.3 is 0 Å². The van der Waals surface area contributed by atoms with Gasteiger partial charge in [-0.3, -0.25) is 4.98 Å². The first-order chi connectivity index (χ1) is 9.92. The SMILES string of the molecule is C1=C(c2ccc(OCc3ccncc3)cc2)CCNC1. The number of pyridine rings is 1. The van der Waals surface area contributed by atoms with Crippen LogP contribution in [0.25, 0.3) is 5.57 Å². The summed E-state index contributed by atoms with van der Waals surface area (Å²) in [4.78, 5) is 4.00. The molecule has 0 bridgehead atoms. The van der Waals surface area contributed by atoms with Crippen molar-refractivity contribution in [2.24, 2.45) is 0 Å². The van der Waals surface area contributed by atoms with Gasteiger partial charge in [-0.1, -0.05) is 18.2 Å². The van der Waals surface area contributed by atoms with Gasteiger partial charge in [-0.25, -0.2) is 0 Å². The van der Waals surface area contributed by atoms with Crippen molar-refractivity contribution in [3.05, 3.63) is 66.0 Å². The summed E-state index contributed by atoms with van der Waals surface area (Å²) >= 11 is 0. The van der Waals surface area contributed by atoms with Crippen LogP contribution in [0.2, 0.25) is 0 Å². The Labute approximate surface area is 119 Å². The molecule has 1 aromatic carbocycles. The smallest absolute Gasteiger partial charge is 0.119 e. The van der Waals surface area contributed by atoms with E-state index in [-0.39, 0.29) is 0 Å². The van der Waals surface area contributed by atoms with E-state index in [1.54, 1.807) is 12.4 Å². The lowest BCUT2D eigenvalue weighted by Gasteiger charge is -2.14. The van der Waals surface area contributed by atoms with E-state index in [9.17, 15) is 0 Å². The molecule has 0 saturated carbocycles. The van der Waals surface area contributed by atoms with Gasteiger partial charge in [-0.15, -0.1) is 0 Å². The van der Waals surface area contributed by atoms with Crippen molar-refractivity contribution in [3.8, 4) is 5.75 Å². The summed E-state index contributed by atoms with van der Waals surface area (Å²) in [5.41, 5.74) is 3.84. The molecule has 3 heteroatoms. The van der Waals surface area contributed by atoms with Crippen molar-refractivity contribution >= 4 is 5.57 Å². The van der Waals surface area contributed by atoms with E-state index in [2.05, 4.69) is 28.5 Å². The number of rotatable bonds is 4. The van der Waals surface area contributed by atoms with Crippen LogP contribution in [0.15, 0.2) is 54.9 Å². The van der Waals surface area contributed by atoms with Gasteiger partial charge in [-0.2, -0.15) is 0 Å². The van der Waals surface area contributed by atoms with Gasteiger partial charge in [0.05, 0.1) is 0 Å². The molecule has 0 radical (unpaired) electrons. The maximum atomic E-state index is 5.77. The van der Waals surface area contributed by atoms with Gasteiger partial charge in [0.15, 0.2) is 0 Å². The topological polar surface area (TPSA) is 34.1 Å². The maximum absolute atomic E-state index is 5.77. The van der Waals surface area contributed by atoms with Crippen LogP contribution in [-0.4, -0.2) is 18.1 Å². The molecule has 20 heavy (non-hydrogen) atoms. The molecule has 1 aromatic heterocycles. The molecule has 1 aliphatic heterocycles. The molecule has 0 unspecified atom stereocenters. The Morgan fingerprint density at radius 2 is 1.85 bits per heavy atom. The molecule has 0 aliphatic carbocycles. The normalized spacial score (nSPS) is 14.7. The molecule has 2 aromatic rings.